The maximum atomic E-state index is 13.2. The quantitative estimate of drug-likeness (QED) is 0.550. The second-order valence-electron chi connectivity index (χ2n) is 4.11. The van der Waals surface area contributed by atoms with Gasteiger partial charge in [0.25, 0.3) is 5.89 Å². The topological polar surface area (TPSA) is 78.1 Å². The van der Waals surface area contributed by atoms with E-state index in [9.17, 15) is 4.39 Å². The van der Waals surface area contributed by atoms with Crippen LogP contribution < -0.4 is 5.73 Å². The van der Waals surface area contributed by atoms with E-state index in [0.29, 0.717) is 38.5 Å². The van der Waals surface area contributed by atoms with Gasteiger partial charge in [-0.2, -0.15) is 0 Å². The highest BCUT2D eigenvalue weighted by molar-refractivity contribution is 9.10. The van der Waals surface area contributed by atoms with Gasteiger partial charge in [-0.15, -0.1) is 22.0 Å². The van der Waals surface area contributed by atoms with Gasteiger partial charge < -0.3 is 14.6 Å². The largest absolute Gasteiger partial charge is 0.444 e. The van der Waals surface area contributed by atoms with E-state index in [1.54, 1.807) is 18.2 Å². The molecular weight excluding hydrogens is 361 g/mol. The summed E-state index contributed by atoms with van der Waals surface area (Å²) in [7, 11) is 0. The Morgan fingerprint density at radius 3 is 2.76 bits per heavy atom. The van der Waals surface area contributed by atoms with Gasteiger partial charge in [0, 0.05) is 10.6 Å². The molecule has 0 spiro atoms. The molecule has 0 unspecified atom stereocenters. The van der Waals surface area contributed by atoms with Crippen molar-refractivity contribution in [2.45, 2.75) is 10.6 Å². The first-order chi connectivity index (χ1) is 10.1. The van der Waals surface area contributed by atoms with Crippen molar-refractivity contribution in [2.24, 2.45) is 0 Å². The fourth-order valence-electron chi connectivity index (χ4n) is 1.65. The van der Waals surface area contributed by atoms with Crippen LogP contribution in [0.1, 0.15) is 5.89 Å². The van der Waals surface area contributed by atoms with Crippen molar-refractivity contribution in [2.75, 3.05) is 5.73 Å². The monoisotopic (exact) mass is 369 g/mol. The minimum Gasteiger partial charge on any atom is -0.444 e. The Balaban J connectivity index is 1.70. The van der Waals surface area contributed by atoms with E-state index in [-0.39, 0.29) is 5.82 Å². The van der Waals surface area contributed by atoms with Crippen LogP contribution >= 0.6 is 27.7 Å². The van der Waals surface area contributed by atoms with Crippen LogP contribution in [0.25, 0.3) is 11.7 Å². The van der Waals surface area contributed by atoms with Gasteiger partial charge in [0.1, 0.15) is 5.82 Å². The number of benzene rings is 1. The first-order valence-electron chi connectivity index (χ1n) is 5.87. The van der Waals surface area contributed by atoms with E-state index in [0.717, 1.165) is 0 Å². The van der Waals surface area contributed by atoms with Crippen LogP contribution in [0.2, 0.25) is 0 Å². The molecule has 21 heavy (non-hydrogen) atoms. The summed E-state index contributed by atoms with van der Waals surface area (Å²) in [4.78, 5) is 0.702. The highest BCUT2D eigenvalue weighted by atomic mass is 79.9. The predicted octanol–water partition coefficient (Wildman–Crippen LogP) is 4.11. The molecule has 2 heterocycles. The van der Waals surface area contributed by atoms with Crippen LogP contribution in [0.15, 0.2) is 48.7 Å². The normalized spacial score (nSPS) is 11.0. The van der Waals surface area contributed by atoms with Crippen molar-refractivity contribution in [3.63, 3.8) is 0 Å². The number of nitrogens with two attached hydrogens (primary N) is 1. The smallest absolute Gasteiger partial charge is 0.283 e. The number of thioether (sulfide) groups is 1. The molecule has 0 aliphatic carbocycles. The Morgan fingerprint density at radius 2 is 2.05 bits per heavy atom. The Bertz CT molecular complexity index is 754. The third-order valence-electron chi connectivity index (χ3n) is 2.51. The zero-order valence-electron chi connectivity index (χ0n) is 10.5. The first kappa shape index (κ1) is 14.2. The molecule has 2 N–H and O–H groups in total. The predicted molar refractivity (Wildman–Crippen MR) is 80.1 cm³/mol. The lowest BCUT2D eigenvalue weighted by Crippen LogP contribution is -1.88. The zero-order chi connectivity index (χ0) is 14.8. The van der Waals surface area contributed by atoms with Gasteiger partial charge in [-0.25, -0.2) is 4.39 Å². The summed E-state index contributed by atoms with van der Waals surface area (Å²) in [5.74, 6) is 1.25. The van der Waals surface area contributed by atoms with Crippen molar-refractivity contribution in [3.8, 4) is 11.7 Å². The number of halogens is 2. The summed E-state index contributed by atoms with van der Waals surface area (Å²) in [5, 5.41) is 7.83. The molecule has 0 bridgehead atoms. The van der Waals surface area contributed by atoms with Crippen LogP contribution in [0.3, 0.4) is 0 Å². The van der Waals surface area contributed by atoms with Crippen LogP contribution in [-0.4, -0.2) is 10.2 Å². The summed E-state index contributed by atoms with van der Waals surface area (Å²) in [6.45, 7) is 0. The Hall–Kier alpha value is -1.80. The minimum atomic E-state index is -0.371. The molecule has 2 aromatic heterocycles. The standard InChI is InChI=1S/C13H9BrFN3O2S/c14-11-2-1-10(19-11)13-18-17-12(20-13)6-21-9-4-7(15)3-8(16)5-9/h1-5H,6,16H2. The van der Waals surface area contributed by atoms with Crippen molar-refractivity contribution in [1.29, 1.82) is 0 Å². The van der Waals surface area contributed by atoms with Crippen molar-refractivity contribution >= 4 is 33.4 Å². The molecule has 0 radical (unpaired) electrons. The van der Waals surface area contributed by atoms with Crippen molar-refractivity contribution < 1.29 is 13.2 Å². The van der Waals surface area contributed by atoms with Crippen LogP contribution in [0.5, 0.6) is 0 Å². The average Bonchev–Trinajstić information content (AvgIpc) is 3.04. The van der Waals surface area contributed by atoms with Crippen LogP contribution in [0, 0.1) is 5.82 Å². The lowest BCUT2D eigenvalue weighted by atomic mass is 10.3. The van der Waals surface area contributed by atoms with Crippen LogP contribution in [-0.2, 0) is 5.75 Å². The number of aromatic nitrogens is 2. The molecule has 3 aromatic rings. The first-order valence-corrected chi connectivity index (χ1v) is 7.65. The van der Waals surface area contributed by atoms with E-state index in [4.69, 9.17) is 14.6 Å². The number of hydrogen-bond acceptors (Lipinski definition) is 6. The van der Waals surface area contributed by atoms with Gasteiger partial charge in [0.15, 0.2) is 10.4 Å². The number of rotatable bonds is 4. The van der Waals surface area contributed by atoms with E-state index in [2.05, 4.69) is 26.1 Å². The molecule has 1 aromatic carbocycles. The number of hydrogen-bond donors (Lipinski definition) is 1. The summed E-state index contributed by atoms with van der Waals surface area (Å²) >= 11 is 4.56. The molecular formula is C13H9BrFN3O2S. The molecule has 0 fully saturated rings. The van der Waals surface area contributed by atoms with E-state index < -0.39 is 0 Å². The maximum Gasteiger partial charge on any atom is 0.283 e. The van der Waals surface area contributed by atoms with Gasteiger partial charge in [-0.05, 0) is 46.3 Å². The summed E-state index contributed by atoms with van der Waals surface area (Å²) in [6, 6.07) is 7.82. The van der Waals surface area contributed by atoms with E-state index in [1.165, 1.54) is 23.9 Å². The number of nitrogen functional groups attached to an aromatic ring is 1. The highest BCUT2D eigenvalue weighted by Gasteiger charge is 2.12. The van der Waals surface area contributed by atoms with Crippen molar-refractivity contribution in [1.82, 2.24) is 10.2 Å². The minimum absolute atomic E-state index is 0.301. The Labute approximate surface area is 131 Å². The second-order valence-corrected chi connectivity index (χ2v) is 5.94. The van der Waals surface area contributed by atoms with Gasteiger partial charge in [-0.3, -0.25) is 0 Å². The molecule has 0 aliphatic heterocycles. The fourth-order valence-corrected chi connectivity index (χ4v) is 2.78. The molecule has 0 saturated heterocycles. The third-order valence-corrected chi connectivity index (χ3v) is 3.89. The maximum absolute atomic E-state index is 13.2. The Kier molecular flexibility index (Phi) is 3.98. The summed E-state index contributed by atoms with van der Waals surface area (Å²) < 4.78 is 24.6. The van der Waals surface area contributed by atoms with E-state index >= 15 is 0 Å². The number of anilines is 1. The molecule has 5 nitrogen and oxygen atoms in total. The highest BCUT2D eigenvalue weighted by Crippen LogP contribution is 2.28. The Morgan fingerprint density at radius 1 is 1.19 bits per heavy atom. The zero-order valence-corrected chi connectivity index (χ0v) is 12.9. The summed E-state index contributed by atoms with van der Waals surface area (Å²) in [6.07, 6.45) is 0. The van der Waals surface area contributed by atoms with Gasteiger partial charge in [0.2, 0.25) is 5.89 Å². The molecule has 0 aliphatic rings. The molecule has 8 heteroatoms. The van der Waals surface area contributed by atoms with Crippen molar-refractivity contribution in [3.05, 3.63) is 46.7 Å². The molecule has 3 rings (SSSR count). The second kappa shape index (κ2) is 5.90. The van der Waals surface area contributed by atoms with Crippen LogP contribution in [0.4, 0.5) is 10.1 Å². The molecule has 0 amide bonds. The fraction of sp³-hybridized carbons (Fsp3) is 0.0769. The average molecular weight is 370 g/mol. The lowest BCUT2D eigenvalue weighted by Gasteiger charge is -2.00. The number of nitrogens with zero attached hydrogens (tertiary/aromatic N) is 2. The van der Waals surface area contributed by atoms with Gasteiger partial charge >= 0.3 is 0 Å². The third kappa shape index (κ3) is 3.45. The molecule has 0 atom stereocenters. The molecule has 108 valence electrons. The van der Waals surface area contributed by atoms with Gasteiger partial charge in [-0.1, -0.05) is 0 Å². The van der Waals surface area contributed by atoms with Gasteiger partial charge in [0.05, 0.1) is 5.75 Å². The number of furan rings is 1. The lowest BCUT2D eigenvalue weighted by molar-refractivity contribution is 0.486. The van der Waals surface area contributed by atoms with E-state index in [1.807, 2.05) is 0 Å². The summed E-state index contributed by atoms with van der Waals surface area (Å²) in [5.41, 5.74) is 5.97. The molecule has 0 saturated carbocycles. The SMILES string of the molecule is Nc1cc(F)cc(SCc2nnc(-c3ccc(Br)o3)o2)c1.